The van der Waals surface area contributed by atoms with Crippen LogP contribution in [0.1, 0.15) is 12.5 Å². The molecule has 9 aromatic rings. The van der Waals surface area contributed by atoms with E-state index in [-0.39, 0.29) is 0 Å². The molecule has 0 aliphatic heterocycles. The number of benzene rings is 7. The van der Waals surface area contributed by atoms with E-state index in [1.165, 1.54) is 27.1 Å². The third kappa shape index (κ3) is 3.68. The van der Waals surface area contributed by atoms with Crippen molar-refractivity contribution in [3.63, 3.8) is 0 Å². The van der Waals surface area contributed by atoms with Gasteiger partial charge in [-0.15, -0.1) is 0 Å². The van der Waals surface area contributed by atoms with Gasteiger partial charge in [-0.1, -0.05) is 79.7 Å². The normalized spacial score (nSPS) is 11.9. The van der Waals surface area contributed by atoms with E-state index < -0.39 is 0 Å². The molecule has 43 heavy (non-hydrogen) atoms. The molecule has 0 amide bonds. The van der Waals surface area contributed by atoms with E-state index >= 15 is 0 Å². The summed E-state index contributed by atoms with van der Waals surface area (Å²) in [6.07, 6.45) is 0.994. The summed E-state index contributed by atoms with van der Waals surface area (Å²) >= 11 is 0. The number of rotatable bonds is 4. The van der Waals surface area contributed by atoms with Gasteiger partial charge in [0.15, 0.2) is 0 Å². The lowest BCUT2D eigenvalue weighted by Gasteiger charge is -2.27. The number of fused-ring (bicyclic) bond motifs is 9. The quantitative estimate of drug-likeness (QED) is 0.203. The van der Waals surface area contributed by atoms with E-state index in [4.69, 9.17) is 8.83 Å². The average Bonchev–Trinajstić information content (AvgIpc) is 3.62. The maximum absolute atomic E-state index is 6.44. The number of hydrogen-bond acceptors (Lipinski definition) is 3. The van der Waals surface area contributed by atoms with Crippen LogP contribution in [0.2, 0.25) is 0 Å². The van der Waals surface area contributed by atoms with Crippen LogP contribution in [0.5, 0.6) is 0 Å². The van der Waals surface area contributed by atoms with E-state index in [0.29, 0.717) is 0 Å². The van der Waals surface area contributed by atoms with Crippen LogP contribution in [0.15, 0.2) is 142 Å². The number of hydrogen-bond donors (Lipinski definition) is 0. The highest BCUT2D eigenvalue weighted by Gasteiger charge is 2.20. The van der Waals surface area contributed by atoms with Gasteiger partial charge < -0.3 is 13.7 Å². The Balaban J connectivity index is 1.34. The van der Waals surface area contributed by atoms with Gasteiger partial charge in [-0.05, 0) is 76.7 Å². The summed E-state index contributed by atoms with van der Waals surface area (Å²) in [5.41, 5.74) is 8.01. The molecule has 7 aromatic carbocycles. The van der Waals surface area contributed by atoms with Crippen molar-refractivity contribution in [2.45, 2.75) is 13.3 Å². The summed E-state index contributed by atoms with van der Waals surface area (Å²) in [6, 6.07) is 47.5. The molecule has 0 spiro atoms. The highest BCUT2D eigenvalue weighted by atomic mass is 16.3. The SMILES string of the molecule is CCc1ccc2oc3cc(N(c4ccc5c(c4)oc4ccccc45)c4cc5ccccc5c5ccccc45)ccc3c2c1. The Kier molecular flexibility index (Phi) is 5.17. The molecule has 0 unspecified atom stereocenters. The Hall–Kier alpha value is -5.54. The lowest BCUT2D eigenvalue weighted by Crippen LogP contribution is -2.10. The van der Waals surface area contributed by atoms with Gasteiger partial charge in [0.25, 0.3) is 0 Å². The summed E-state index contributed by atoms with van der Waals surface area (Å²) < 4.78 is 12.8. The lowest BCUT2D eigenvalue weighted by molar-refractivity contribution is 0.669. The maximum atomic E-state index is 6.44. The fraction of sp³-hybridized carbons (Fsp3) is 0.0500. The summed E-state index contributed by atoms with van der Waals surface area (Å²) in [5, 5.41) is 9.38. The molecule has 2 aromatic heterocycles. The zero-order valence-corrected chi connectivity index (χ0v) is 23.7. The molecule has 9 rings (SSSR count). The zero-order chi connectivity index (χ0) is 28.5. The fourth-order valence-corrected chi connectivity index (χ4v) is 6.67. The van der Waals surface area contributed by atoms with Gasteiger partial charge in [0, 0.05) is 50.4 Å². The minimum Gasteiger partial charge on any atom is -0.456 e. The van der Waals surface area contributed by atoms with Crippen molar-refractivity contribution in [2.75, 3.05) is 4.90 Å². The molecule has 0 atom stereocenters. The molecule has 3 heteroatoms. The van der Waals surface area contributed by atoms with Crippen LogP contribution in [0.4, 0.5) is 17.1 Å². The molecule has 0 aliphatic carbocycles. The van der Waals surface area contributed by atoms with Gasteiger partial charge in [0.05, 0.1) is 5.69 Å². The van der Waals surface area contributed by atoms with Gasteiger partial charge in [-0.3, -0.25) is 0 Å². The summed E-state index contributed by atoms with van der Waals surface area (Å²) in [7, 11) is 0. The first-order valence-electron chi connectivity index (χ1n) is 14.8. The van der Waals surface area contributed by atoms with E-state index in [1.54, 1.807) is 0 Å². The van der Waals surface area contributed by atoms with Crippen molar-refractivity contribution < 1.29 is 8.83 Å². The highest BCUT2D eigenvalue weighted by Crippen LogP contribution is 2.44. The Morgan fingerprint density at radius 1 is 0.442 bits per heavy atom. The van der Waals surface area contributed by atoms with Crippen LogP contribution >= 0.6 is 0 Å². The topological polar surface area (TPSA) is 29.5 Å². The average molecular weight is 554 g/mol. The van der Waals surface area contributed by atoms with Gasteiger partial charge >= 0.3 is 0 Å². The Morgan fingerprint density at radius 3 is 1.77 bits per heavy atom. The fourth-order valence-electron chi connectivity index (χ4n) is 6.67. The zero-order valence-electron chi connectivity index (χ0n) is 23.7. The number of furan rings is 2. The molecule has 0 saturated heterocycles. The van der Waals surface area contributed by atoms with Crippen molar-refractivity contribution in [2.24, 2.45) is 0 Å². The van der Waals surface area contributed by atoms with Gasteiger partial charge in [-0.25, -0.2) is 0 Å². The molecule has 0 saturated carbocycles. The van der Waals surface area contributed by atoms with Gasteiger partial charge in [0.1, 0.15) is 22.3 Å². The first-order valence-corrected chi connectivity index (χ1v) is 14.8. The van der Waals surface area contributed by atoms with Crippen molar-refractivity contribution in [3.05, 3.63) is 139 Å². The number of nitrogens with zero attached hydrogens (tertiary/aromatic N) is 1. The van der Waals surface area contributed by atoms with Gasteiger partial charge in [0.2, 0.25) is 0 Å². The molecule has 3 nitrogen and oxygen atoms in total. The molecule has 0 N–H and O–H groups in total. The van der Waals surface area contributed by atoms with Gasteiger partial charge in [-0.2, -0.15) is 0 Å². The van der Waals surface area contributed by atoms with Crippen molar-refractivity contribution in [1.29, 1.82) is 0 Å². The Morgan fingerprint density at radius 2 is 1.02 bits per heavy atom. The molecular weight excluding hydrogens is 526 g/mol. The number of anilines is 3. The van der Waals surface area contributed by atoms with E-state index in [1.807, 2.05) is 12.1 Å². The molecule has 2 heterocycles. The van der Waals surface area contributed by atoms with Crippen molar-refractivity contribution in [3.8, 4) is 0 Å². The summed E-state index contributed by atoms with van der Waals surface area (Å²) in [5.74, 6) is 0. The second-order valence-electron chi connectivity index (χ2n) is 11.2. The molecule has 0 radical (unpaired) electrons. The summed E-state index contributed by atoms with van der Waals surface area (Å²) in [6.45, 7) is 2.19. The lowest BCUT2D eigenvalue weighted by atomic mass is 9.99. The first-order chi connectivity index (χ1) is 21.2. The Bertz CT molecular complexity index is 2520. The van der Waals surface area contributed by atoms with Crippen molar-refractivity contribution >= 4 is 82.5 Å². The van der Waals surface area contributed by atoms with E-state index in [9.17, 15) is 0 Å². The van der Waals surface area contributed by atoms with Crippen LogP contribution in [-0.2, 0) is 6.42 Å². The molecule has 0 fully saturated rings. The van der Waals surface area contributed by atoms with Crippen LogP contribution in [-0.4, -0.2) is 0 Å². The summed E-state index contributed by atoms with van der Waals surface area (Å²) in [4.78, 5) is 2.34. The van der Waals surface area contributed by atoms with Crippen LogP contribution < -0.4 is 4.90 Å². The second-order valence-corrected chi connectivity index (χ2v) is 11.2. The smallest absolute Gasteiger partial charge is 0.137 e. The predicted octanol–water partition coefficient (Wildman–Crippen LogP) is 11.8. The second kappa shape index (κ2) is 9.23. The number of para-hydroxylation sites is 1. The molecular formula is C40H27NO2. The van der Waals surface area contributed by atoms with Crippen LogP contribution in [0.25, 0.3) is 65.4 Å². The molecule has 0 bridgehead atoms. The molecule has 204 valence electrons. The monoisotopic (exact) mass is 553 g/mol. The molecule has 0 aliphatic rings. The predicted molar refractivity (Wildman–Crippen MR) is 180 cm³/mol. The van der Waals surface area contributed by atoms with Crippen molar-refractivity contribution in [1.82, 2.24) is 0 Å². The highest BCUT2D eigenvalue weighted by molar-refractivity contribution is 6.15. The largest absolute Gasteiger partial charge is 0.456 e. The Labute approximate surface area is 248 Å². The van der Waals surface area contributed by atoms with E-state index in [2.05, 4.69) is 133 Å². The first kappa shape index (κ1) is 24.1. The number of aryl methyl sites for hydroxylation is 1. The van der Waals surface area contributed by atoms with E-state index in [0.717, 1.165) is 67.4 Å². The third-order valence-corrected chi connectivity index (χ3v) is 8.79. The third-order valence-electron chi connectivity index (χ3n) is 8.79. The van der Waals surface area contributed by atoms with Crippen LogP contribution in [0.3, 0.4) is 0 Å². The minimum atomic E-state index is 0.866. The minimum absolute atomic E-state index is 0.866. The standard InChI is InChI=1S/C40H27NO2/c1-2-25-15-20-38-35(21-25)34-19-17-28(24-40(34)43-38)41(27-16-18-33-32-13-7-8-14-37(32)42-39(33)23-27)36-22-26-9-3-4-10-29(26)30-11-5-6-12-31(30)36/h3-24H,2H2,1H3. The maximum Gasteiger partial charge on any atom is 0.137 e. The van der Waals surface area contributed by atoms with Crippen LogP contribution in [0, 0.1) is 0 Å².